The number of hydrogen-bond acceptors (Lipinski definition) is 4. The van der Waals surface area contributed by atoms with Gasteiger partial charge in [-0.3, -0.25) is 4.98 Å². The highest BCUT2D eigenvalue weighted by Gasteiger charge is 2.09. The summed E-state index contributed by atoms with van der Waals surface area (Å²) in [5.41, 5.74) is 7.41. The van der Waals surface area contributed by atoms with Crippen LogP contribution in [0.1, 0.15) is 0 Å². The number of nitrogen functional groups attached to an aromatic ring is 1. The van der Waals surface area contributed by atoms with Crippen LogP contribution in [0.5, 0.6) is 0 Å². The molecule has 3 aromatic rings. The number of nitrogens with two attached hydrogens (primary N) is 1. The van der Waals surface area contributed by atoms with Crippen molar-refractivity contribution in [2.24, 2.45) is 0 Å². The summed E-state index contributed by atoms with van der Waals surface area (Å²) in [6.07, 6.45) is 3.47. The summed E-state index contributed by atoms with van der Waals surface area (Å²) >= 11 is 7.65. The number of nitrogens with zero attached hydrogens (tertiary/aromatic N) is 2. The zero-order chi connectivity index (χ0) is 13.2. The zero-order valence-corrected chi connectivity index (χ0v) is 11.4. The standard InChI is InChI=1S/C14H10ClN3S/c15-10-4-2-8-18-14(10)19-12-6-5-11(16)13-9(12)3-1-7-17-13/h1-8H,16H2. The van der Waals surface area contributed by atoms with E-state index in [1.807, 2.05) is 36.4 Å². The first-order chi connectivity index (χ1) is 9.25. The van der Waals surface area contributed by atoms with E-state index in [0.29, 0.717) is 10.7 Å². The lowest BCUT2D eigenvalue weighted by Crippen LogP contribution is -1.91. The number of anilines is 1. The van der Waals surface area contributed by atoms with Gasteiger partial charge in [-0.1, -0.05) is 29.4 Å². The van der Waals surface area contributed by atoms with Crippen molar-refractivity contribution in [1.29, 1.82) is 0 Å². The Bertz CT molecular complexity index is 746. The summed E-state index contributed by atoms with van der Waals surface area (Å²) in [5.74, 6) is 0. The molecule has 3 nitrogen and oxygen atoms in total. The van der Waals surface area contributed by atoms with Crippen LogP contribution < -0.4 is 5.73 Å². The summed E-state index contributed by atoms with van der Waals surface area (Å²) in [6, 6.07) is 11.4. The maximum absolute atomic E-state index is 6.13. The van der Waals surface area contributed by atoms with Gasteiger partial charge in [0.05, 0.1) is 16.2 Å². The molecule has 2 heterocycles. The summed E-state index contributed by atoms with van der Waals surface area (Å²) in [5, 5.41) is 2.43. The van der Waals surface area contributed by atoms with Crippen molar-refractivity contribution in [2.45, 2.75) is 9.92 Å². The normalized spacial score (nSPS) is 10.8. The maximum Gasteiger partial charge on any atom is 0.119 e. The van der Waals surface area contributed by atoms with Crippen molar-refractivity contribution in [2.75, 3.05) is 5.73 Å². The molecule has 0 spiro atoms. The van der Waals surface area contributed by atoms with E-state index in [1.165, 1.54) is 11.8 Å². The largest absolute Gasteiger partial charge is 0.397 e. The maximum atomic E-state index is 6.13. The fourth-order valence-electron chi connectivity index (χ4n) is 1.81. The van der Waals surface area contributed by atoms with Gasteiger partial charge in [0.15, 0.2) is 0 Å². The third-order valence-corrected chi connectivity index (χ3v) is 4.20. The van der Waals surface area contributed by atoms with Crippen molar-refractivity contribution >= 4 is 40.0 Å². The Labute approximate surface area is 119 Å². The Balaban J connectivity index is 2.12. The molecule has 19 heavy (non-hydrogen) atoms. The average molecular weight is 288 g/mol. The Kier molecular flexibility index (Phi) is 3.27. The predicted molar refractivity (Wildman–Crippen MR) is 79.5 cm³/mol. The number of hydrogen-bond donors (Lipinski definition) is 1. The van der Waals surface area contributed by atoms with E-state index in [4.69, 9.17) is 17.3 Å². The molecule has 0 bridgehead atoms. The van der Waals surface area contributed by atoms with Gasteiger partial charge in [0.25, 0.3) is 0 Å². The predicted octanol–water partition coefficient (Wildman–Crippen LogP) is 4.02. The second-order valence-electron chi connectivity index (χ2n) is 3.94. The molecule has 2 aromatic heterocycles. The van der Waals surface area contributed by atoms with Gasteiger partial charge in [-0.25, -0.2) is 4.98 Å². The molecule has 0 unspecified atom stereocenters. The lowest BCUT2D eigenvalue weighted by atomic mass is 10.2. The number of rotatable bonds is 2. The molecule has 3 rings (SSSR count). The van der Waals surface area contributed by atoms with Crippen LogP contribution in [0, 0.1) is 0 Å². The molecule has 0 atom stereocenters. The van der Waals surface area contributed by atoms with Crippen molar-refractivity contribution in [3.63, 3.8) is 0 Å². The van der Waals surface area contributed by atoms with E-state index in [0.717, 1.165) is 20.8 Å². The lowest BCUT2D eigenvalue weighted by molar-refractivity contribution is 1.13. The van der Waals surface area contributed by atoms with Gasteiger partial charge < -0.3 is 5.73 Å². The van der Waals surface area contributed by atoms with E-state index >= 15 is 0 Å². The summed E-state index contributed by atoms with van der Waals surface area (Å²) < 4.78 is 0. The summed E-state index contributed by atoms with van der Waals surface area (Å²) in [6.45, 7) is 0. The van der Waals surface area contributed by atoms with Gasteiger partial charge in [-0.05, 0) is 30.3 Å². The van der Waals surface area contributed by atoms with Crippen molar-refractivity contribution in [3.05, 3.63) is 53.8 Å². The summed E-state index contributed by atoms with van der Waals surface area (Å²) in [4.78, 5) is 9.64. The molecule has 5 heteroatoms. The Morgan fingerprint density at radius 2 is 1.79 bits per heavy atom. The molecule has 0 aliphatic heterocycles. The monoisotopic (exact) mass is 287 g/mol. The van der Waals surface area contributed by atoms with E-state index in [2.05, 4.69) is 9.97 Å². The highest BCUT2D eigenvalue weighted by Crippen LogP contribution is 2.36. The smallest absolute Gasteiger partial charge is 0.119 e. The lowest BCUT2D eigenvalue weighted by Gasteiger charge is -2.08. The number of halogens is 1. The molecule has 94 valence electrons. The van der Waals surface area contributed by atoms with Crippen molar-refractivity contribution in [3.8, 4) is 0 Å². The van der Waals surface area contributed by atoms with Crippen LogP contribution in [0.2, 0.25) is 5.02 Å². The van der Waals surface area contributed by atoms with Gasteiger partial charge in [0, 0.05) is 22.7 Å². The van der Waals surface area contributed by atoms with Crippen LogP contribution in [-0.4, -0.2) is 9.97 Å². The molecule has 2 N–H and O–H groups in total. The molecule has 0 saturated carbocycles. The second-order valence-corrected chi connectivity index (χ2v) is 5.38. The first kappa shape index (κ1) is 12.3. The first-order valence-corrected chi connectivity index (χ1v) is 6.87. The van der Waals surface area contributed by atoms with E-state index in [1.54, 1.807) is 12.4 Å². The zero-order valence-electron chi connectivity index (χ0n) is 9.88. The molecule has 0 aliphatic carbocycles. The molecule has 0 fully saturated rings. The van der Waals surface area contributed by atoms with Gasteiger partial charge in [0.1, 0.15) is 5.03 Å². The average Bonchev–Trinajstić information content (AvgIpc) is 2.44. The SMILES string of the molecule is Nc1ccc(Sc2ncccc2Cl)c2cccnc12. The second kappa shape index (κ2) is 5.07. The summed E-state index contributed by atoms with van der Waals surface area (Å²) in [7, 11) is 0. The third kappa shape index (κ3) is 2.37. The minimum Gasteiger partial charge on any atom is -0.397 e. The van der Waals surface area contributed by atoms with Gasteiger partial charge in [-0.15, -0.1) is 0 Å². The van der Waals surface area contributed by atoms with Crippen LogP contribution in [0.4, 0.5) is 5.69 Å². The van der Waals surface area contributed by atoms with Crippen molar-refractivity contribution in [1.82, 2.24) is 9.97 Å². The van der Waals surface area contributed by atoms with E-state index < -0.39 is 0 Å². The van der Waals surface area contributed by atoms with Crippen LogP contribution >= 0.6 is 23.4 Å². The fraction of sp³-hybridized carbons (Fsp3) is 0. The number of benzene rings is 1. The molecular weight excluding hydrogens is 278 g/mol. The molecule has 0 aliphatic rings. The van der Waals surface area contributed by atoms with E-state index in [-0.39, 0.29) is 0 Å². The Morgan fingerprint density at radius 3 is 2.63 bits per heavy atom. The number of fused-ring (bicyclic) bond motifs is 1. The van der Waals surface area contributed by atoms with Gasteiger partial charge in [0.2, 0.25) is 0 Å². The van der Waals surface area contributed by atoms with Crippen LogP contribution in [-0.2, 0) is 0 Å². The molecule has 0 saturated heterocycles. The first-order valence-electron chi connectivity index (χ1n) is 5.67. The van der Waals surface area contributed by atoms with Crippen molar-refractivity contribution < 1.29 is 0 Å². The van der Waals surface area contributed by atoms with Crippen LogP contribution in [0.25, 0.3) is 10.9 Å². The van der Waals surface area contributed by atoms with E-state index in [9.17, 15) is 0 Å². The van der Waals surface area contributed by atoms with Crippen LogP contribution in [0.3, 0.4) is 0 Å². The Morgan fingerprint density at radius 1 is 1.00 bits per heavy atom. The molecule has 0 amide bonds. The topological polar surface area (TPSA) is 51.8 Å². The van der Waals surface area contributed by atoms with Gasteiger partial charge >= 0.3 is 0 Å². The third-order valence-electron chi connectivity index (χ3n) is 2.69. The minimum absolute atomic E-state index is 0.640. The fourth-order valence-corrected chi connectivity index (χ4v) is 2.94. The highest BCUT2D eigenvalue weighted by atomic mass is 35.5. The van der Waals surface area contributed by atoms with Gasteiger partial charge in [-0.2, -0.15) is 0 Å². The molecular formula is C14H10ClN3S. The van der Waals surface area contributed by atoms with Crippen LogP contribution in [0.15, 0.2) is 58.7 Å². The number of pyridine rings is 2. The molecule has 1 aromatic carbocycles. The minimum atomic E-state index is 0.640. The Hall–Kier alpha value is -1.78. The molecule has 0 radical (unpaired) electrons. The number of aromatic nitrogens is 2. The quantitative estimate of drug-likeness (QED) is 0.723. The highest BCUT2D eigenvalue weighted by molar-refractivity contribution is 7.99.